The van der Waals surface area contributed by atoms with E-state index in [1.807, 2.05) is 30.3 Å². The molecule has 1 amide bonds. The van der Waals surface area contributed by atoms with Crippen LogP contribution in [0.2, 0.25) is 0 Å². The highest BCUT2D eigenvalue weighted by atomic mass is 32.2. The lowest BCUT2D eigenvalue weighted by Gasteiger charge is -2.19. The second-order valence-electron chi connectivity index (χ2n) is 10.5. The standard InChI is InChI=1S/C33H32F3N5O2S2/c1-2-9-24-12-6-7-14-28(24)41-30(42)21-45-32(41)38-29(44)15-5-3-4-10-23-11-8-13-25(20-23)31-37-22-40(39-31)26-16-18-27(19-17-26)43-33(34,35)36/h6-8,11-14,16-20,22H,2-5,9-10,15,21H2,1H3. The summed E-state index contributed by atoms with van der Waals surface area (Å²) < 4.78 is 42.7. The molecule has 0 aliphatic carbocycles. The number of halogens is 3. The number of aliphatic imine (C=N–C) groups is 1. The number of hydrogen-bond donors (Lipinski definition) is 0. The molecule has 234 valence electrons. The number of alkyl halides is 3. The van der Waals surface area contributed by atoms with Crippen molar-refractivity contribution in [3.05, 3.63) is 90.3 Å². The zero-order valence-corrected chi connectivity index (χ0v) is 26.3. The Hall–Kier alpha value is -4.03. The number of carbonyl (C=O) groups is 1. The van der Waals surface area contributed by atoms with Crippen molar-refractivity contribution >= 4 is 45.7 Å². The Labute approximate surface area is 269 Å². The monoisotopic (exact) mass is 651 g/mol. The van der Waals surface area contributed by atoms with E-state index < -0.39 is 6.36 Å². The van der Waals surface area contributed by atoms with Gasteiger partial charge in [0.25, 0.3) is 0 Å². The summed E-state index contributed by atoms with van der Waals surface area (Å²) in [5, 5.41) is 5.16. The molecule has 45 heavy (non-hydrogen) atoms. The molecule has 0 atom stereocenters. The largest absolute Gasteiger partial charge is 0.573 e. The van der Waals surface area contributed by atoms with Crippen molar-refractivity contribution in [1.29, 1.82) is 0 Å². The van der Waals surface area contributed by atoms with E-state index in [4.69, 9.17) is 12.2 Å². The Bertz CT molecular complexity index is 1670. The van der Waals surface area contributed by atoms with Gasteiger partial charge in [0.2, 0.25) is 5.91 Å². The lowest BCUT2D eigenvalue weighted by atomic mass is 10.0. The summed E-state index contributed by atoms with van der Waals surface area (Å²) in [5.41, 5.74) is 4.61. The van der Waals surface area contributed by atoms with Crippen LogP contribution in [-0.2, 0) is 17.6 Å². The van der Waals surface area contributed by atoms with Crippen molar-refractivity contribution in [3.63, 3.8) is 0 Å². The number of aromatic nitrogens is 3. The van der Waals surface area contributed by atoms with Gasteiger partial charge >= 0.3 is 6.36 Å². The third-order valence-corrected chi connectivity index (χ3v) is 8.32. The third-order valence-electron chi connectivity index (χ3n) is 7.11. The van der Waals surface area contributed by atoms with Gasteiger partial charge in [0.1, 0.15) is 17.1 Å². The number of thiocarbonyl (C=S) groups is 1. The molecule has 12 heteroatoms. The highest BCUT2D eigenvalue weighted by Gasteiger charge is 2.32. The SMILES string of the molecule is CCCc1ccccc1N1C(=O)CSC1=NC(=S)CCCCCc1cccc(-c2ncn(-c3ccc(OC(F)(F)F)cc3)n2)c1. The zero-order valence-electron chi connectivity index (χ0n) is 24.7. The van der Waals surface area contributed by atoms with Crippen molar-refractivity contribution in [1.82, 2.24) is 14.8 Å². The quantitative estimate of drug-likeness (QED) is 0.113. The first-order valence-corrected chi connectivity index (χ1v) is 16.1. The summed E-state index contributed by atoms with van der Waals surface area (Å²) in [6.07, 6.45) is 3.09. The van der Waals surface area contributed by atoms with Crippen molar-refractivity contribution in [3.8, 4) is 22.8 Å². The maximum Gasteiger partial charge on any atom is 0.573 e. The van der Waals surface area contributed by atoms with E-state index in [0.717, 1.165) is 60.9 Å². The van der Waals surface area contributed by atoms with E-state index in [2.05, 4.69) is 44.9 Å². The number of aryl methyl sites for hydroxylation is 2. The van der Waals surface area contributed by atoms with Crippen molar-refractivity contribution < 1.29 is 22.7 Å². The number of rotatable bonds is 12. The van der Waals surface area contributed by atoms with E-state index >= 15 is 0 Å². The number of benzene rings is 3. The smallest absolute Gasteiger partial charge is 0.406 e. The van der Waals surface area contributed by atoms with Crippen molar-refractivity contribution in [2.45, 2.75) is 58.2 Å². The topological polar surface area (TPSA) is 72.6 Å². The summed E-state index contributed by atoms with van der Waals surface area (Å²) in [7, 11) is 0. The fraction of sp³-hybridized carbons (Fsp3) is 0.303. The minimum Gasteiger partial charge on any atom is -0.406 e. The highest BCUT2D eigenvalue weighted by molar-refractivity contribution is 8.15. The van der Waals surface area contributed by atoms with Gasteiger partial charge in [0, 0.05) is 12.0 Å². The molecule has 1 saturated heterocycles. The predicted octanol–water partition coefficient (Wildman–Crippen LogP) is 8.35. The molecule has 1 aliphatic heterocycles. The van der Waals surface area contributed by atoms with E-state index in [1.54, 1.807) is 4.90 Å². The summed E-state index contributed by atoms with van der Waals surface area (Å²) in [5.74, 6) is 0.619. The number of hydrogen-bond acceptors (Lipinski definition) is 6. The molecule has 5 rings (SSSR count). The molecule has 2 heterocycles. The van der Waals surface area contributed by atoms with Gasteiger partial charge in [0.15, 0.2) is 11.0 Å². The van der Waals surface area contributed by atoms with Crippen molar-refractivity contribution in [2.75, 3.05) is 10.7 Å². The first-order valence-electron chi connectivity index (χ1n) is 14.7. The minimum absolute atomic E-state index is 0.0305. The van der Waals surface area contributed by atoms with Crippen LogP contribution in [-0.4, -0.2) is 42.9 Å². The van der Waals surface area contributed by atoms with Crippen LogP contribution in [0, 0.1) is 0 Å². The van der Waals surface area contributed by atoms with Gasteiger partial charge in [0.05, 0.1) is 17.1 Å². The lowest BCUT2D eigenvalue weighted by molar-refractivity contribution is -0.274. The van der Waals surface area contributed by atoms with Crippen LogP contribution < -0.4 is 9.64 Å². The summed E-state index contributed by atoms with van der Waals surface area (Å²) in [6.45, 7) is 2.12. The number of thioether (sulfide) groups is 1. The van der Waals surface area contributed by atoms with Gasteiger partial charge in [-0.15, -0.1) is 18.3 Å². The molecule has 0 bridgehead atoms. The Morgan fingerprint density at radius 2 is 1.82 bits per heavy atom. The second kappa shape index (κ2) is 14.8. The van der Waals surface area contributed by atoms with E-state index in [-0.39, 0.29) is 11.7 Å². The fourth-order valence-electron chi connectivity index (χ4n) is 5.02. The van der Waals surface area contributed by atoms with Crippen LogP contribution in [0.5, 0.6) is 5.75 Å². The molecule has 1 aliphatic rings. The minimum atomic E-state index is -4.74. The van der Waals surface area contributed by atoms with Crippen LogP contribution in [0.15, 0.2) is 84.1 Å². The van der Waals surface area contributed by atoms with Crippen LogP contribution in [0.25, 0.3) is 17.1 Å². The number of anilines is 1. The lowest BCUT2D eigenvalue weighted by Crippen LogP contribution is -2.30. The molecule has 0 spiro atoms. The molecule has 3 aromatic carbocycles. The summed E-state index contributed by atoms with van der Waals surface area (Å²) in [4.78, 5) is 24.1. The summed E-state index contributed by atoms with van der Waals surface area (Å²) >= 11 is 7.03. The van der Waals surface area contributed by atoms with Crippen LogP contribution >= 0.6 is 24.0 Å². The first kappa shape index (κ1) is 32.4. The average Bonchev–Trinajstić information content (AvgIpc) is 3.64. The number of amidine groups is 1. The number of ether oxygens (including phenoxy) is 1. The van der Waals surface area contributed by atoms with E-state index in [1.165, 1.54) is 47.0 Å². The molecule has 1 fully saturated rings. The molecule has 0 radical (unpaired) electrons. The second-order valence-corrected chi connectivity index (χ2v) is 11.9. The Balaban J connectivity index is 1.11. The number of para-hydroxylation sites is 1. The zero-order chi connectivity index (χ0) is 31.8. The molecule has 7 nitrogen and oxygen atoms in total. The number of carbonyl (C=O) groups excluding carboxylic acids is 1. The molecule has 4 aromatic rings. The maximum absolute atomic E-state index is 12.7. The predicted molar refractivity (Wildman–Crippen MR) is 176 cm³/mol. The maximum atomic E-state index is 12.7. The molecule has 0 unspecified atom stereocenters. The molecular weight excluding hydrogens is 620 g/mol. The fourth-order valence-corrected chi connectivity index (χ4v) is 6.20. The van der Waals surface area contributed by atoms with E-state index in [9.17, 15) is 18.0 Å². The molecule has 0 saturated carbocycles. The number of nitrogens with zero attached hydrogens (tertiary/aromatic N) is 5. The number of amides is 1. The normalized spacial score (nSPS) is 14.4. The average molecular weight is 652 g/mol. The number of unbranched alkanes of at least 4 members (excludes halogenated alkanes) is 2. The van der Waals surface area contributed by atoms with Crippen LogP contribution in [0.1, 0.15) is 50.2 Å². The van der Waals surface area contributed by atoms with Crippen molar-refractivity contribution in [2.24, 2.45) is 4.99 Å². The molecule has 0 N–H and O–H groups in total. The third kappa shape index (κ3) is 8.79. The molecule has 1 aromatic heterocycles. The van der Waals surface area contributed by atoms with Gasteiger partial charge in [-0.3, -0.25) is 9.69 Å². The van der Waals surface area contributed by atoms with E-state index in [0.29, 0.717) is 33.8 Å². The van der Waals surface area contributed by atoms with Gasteiger partial charge < -0.3 is 4.74 Å². The Morgan fingerprint density at radius 1 is 1.02 bits per heavy atom. The van der Waals surface area contributed by atoms with Gasteiger partial charge in [-0.05, 0) is 73.2 Å². The summed E-state index contributed by atoms with van der Waals surface area (Å²) in [6, 6.07) is 21.4. The van der Waals surface area contributed by atoms with Gasteiger partial charge in [-0.25, -0.2) is 14.7 Å². The van der Waals surface area contributed by atoms with Crippen LogP contribution in [0.3, 0.4) is 0 Å². The van der Waals surface area contributed by atoms with Crippen LogP contribution in [0.4, 0.5) is 18.9 Å². The molecular formula is C33H32F3N5O2S2. The first-order chi connectivity index (χ1) is 21.7. The van der Waals surface area contributed by atoms with Gasteiger partial charge in [-0.2, -0.15) is 0 Å². The Morgan fingerprint density at radius 3 is 2.60 bits per heavy atom. The Kier molecular flexibility index (Phi) is 10.7. The van der Waals surface area contributed by atoms with Gasteiger partial charge in [-0.1, -0.05) is 80.1 Å². The highest BCUT2D eigenvalue weighted by Crippen LogP contribution is 2.31.